The Morgan fingerprint density at radius 2 is 2.04 bits per heavy atom. The maximum absolute atomic E-state index is 13.6. The minimum absolute atomic E-state index is 0.0377. The molecule has 1 N–H and O–H groups in total. The molecule has 1 atom stereocenters. The fourth-order valence-electron chi connectivity index (χ4n) is 3.49. The number of esters is 1. The van der Waals surface area contributed by atoms with Crippen molar-refractivity contribution in [2.45, 2.75) is 38.1 Å². The third-order valence-corrected chi connectivity index (χ3v) is 5.04. The molecule has 1 heterocycles. The number of amides is 2. The van der Waals surface area contributed by atoms with Gasteiger partial charge in [-0.15, -0.1) is 0 Å². The normalized spacial score (nSPS) is 20.5. The number of carbonyl (C=O) groups is 3. The average Bonchev–Trinajstić information content (AvgIpc) is 3.25. The number of ether oxygens (including phenoxy) is 1. The average molecular weight is 383 g/mol. The Hall–Kier alpha value is -2.15. The van der Waals surface area contributed by atoms with Crippen molar-refractivity contribution >= 4 is 35.1 Å². The van der Waals surface area contributed by atoms with Gasteiger partial charge in [-0.3, -0.25) is 14.4 Å². The fourth-order valence-corrected chi connectivity index (χ4v) is 3.66. The van der Waals surface area contributed by atoms with E-state index in [0.717, 1.165) is 31.7 Å². The molecule has 8 heteroatoms. The second-order valence-electron chi connectivity index (χ2n) is 6.67. The lowest BCUT2D eigenvalue weighted by atomic mass is 10.1. The van der Waals surface area contributed by atoms with E-state index in [1.165, 1.54) is 12.1 Å². The van der Waals surface area contributed by atoms with Crippen molar-refractivity contribution in [3.63, 3.8) is 0 Å². The molecule has 0 unspecified atom stereocenters. The summed E-state index contributed by atoms with van der Waals surface area (Å²) in [6.45, 7) is -0.203. The maximum Gasteiger partial charge on any atom is 0.311 e. The summed E-state index contributed by atoms with van der Waals surface area (Å²) in [5.41, 5.74) is -0.0815. The number of nitrogens with zero attached hydrogens (tertiary/aromatic N) is 1. The predicted octanol–water partition coefficient (Wildman–Crippen LogP) is 2.75. The molecule has 6 nitrogen and oxygen atoms in total. The molecule has 1 aliphatic carbocycles. The molecule has 2 fully saturated rings. The molecule has 1 saturated carbocycles. The number of likely N-dealkylation sites (tertiary alicyclic amines) is 1. The Kier molecular flexibility index (Phi) is 5.76. The fraction of sp³-hybridized carbons (Fsp3) is 0.500. The van der Waals surface area contributed by atoms with Gasteiger partial charge in [-0.1, -0.05) is 24.4 Å². The lowest BCUT2D eigenvalue weighted by molar-refractivity contribution is -0.151. The summed E-state index contributed by atoms with van der Waals surface area (Å²) in [6, 6.07) is 3.98. The van der Waals surface area contributed by atoms with Crippen LogP contribution in [-0.4, -0.2) is 41.9 Å². The second kappa shape index (κ2) is 8.03. The summed E-state index contributed by atoms with van der Waals surface area (Å²) in [5.74, 6) is -2.48. The molecule has 0 radical (unpaired) electrons. The van der Waals surface area contributed by atoms with Gasteiger partial charge in [-0.25, -0.2) is 4.39 Å². The van der Waals surface area contributed by atoms with Gasteiger partial charge < -0.3 is 15.0 Å². The van der Waals surface area contributed by atoms with Crippen LogP contribution in [0.5, 0.6) is 0 Å². The van der Waals surface area contributed by atoms with Crippen LogP contribution in [0.15, 0.2) is 18.2 Å². The van der Waals surface area contributed by atoms with Crippen LogP contribution in [-0.2, 0) is 19.1 Å². The second-order valence-corrected chi connectivity index (χ2v) is 7.10. The summed E-state index contributed by atoms with van der Waals surface area (Å²) in [4.78, 5) is 37.9. The highest BCUT2D eigenvalue weighted by molar-refractivity contribution is 6.30. The van der Waals surface area contributed by atoms with Gasteiger partial charge in [0.25, 0.3) is 5.91 Å². The molecule has 1 aromatic carbocycles. The summed E-state index contributed by atoms with van der Waals surface area (Å²) >= 11 is 5.76. The highest BCUT2D eigenvalue weighted by atomic mass is 35.5. The number of rotatable bonds is 5. The van der Waals surface area contributed by atoms with Crippen molar-refractivity contribution in [1.82, 2.24) is 4.90 Å². The number of hydrogen-bond donors (Lipinski definition) is 1. The molecule has 3 rings (SSSR count). The van der Waals surface area contributed by atoms with Gasteiger partial charge in [-0.05, 0) is 31.0 Å². The van der Waals surface area contributed by atoms with Crippen LogP contribution in [0.2, 0.25) is 5.02 Å². The molecule has 2 amide bonds. The first-order chi connectivity index (χ1) is 12.4. The van der Waals surface area contributed by atoms with Gasteiger partial charge in [0.05, 0.1) is 11.6 Å². The van der Waals surface area contributed by atoms with Gasteiger partial charge in [0, 0.05) is 24.0 Å². The molecule has 2 aliphatic rings. The minimum atomic E-state index is -0.670. The Balaban J connectivity index is 1.48. The van der Waals surface area contributed by atoms with Crippen molar-refractivity contribution < 1.29 is 23.5 Å². The van der Waals surface area contributed by atoms with Gasteiger partial charge >= 0.3 is 5.97 Å². The van der Waals surface area contributed by atoms with E-state index in [2.05, 4.69) is 5.32 Å². The Bertz CT molecular complexity index is 721. The SMILES string of the molecule is O=C(COC(=O)[C@@H]1CC(=O)N(C2CCCC2)C1)Nc1cc(Cl)ccc1F. The molecule has 0 spiro atoms. The van der Waals surface area contributed by atoms with E-state index in [0.29, 0.717) is 6.54 Å². The zero-order valence-corrected chi connectivity index (χ0v) is 14.9. The number of anilines is 1. The monoisotopic (exact) mass is 382 g/mol. The molecule has 1 aliphatic heterocycles. The van der Waals surface area contributed by atoms with Crippen molar-refractivity contribution in [1.29, 1.82) is 0 Å². The molecule has 1 saturated heterocycles. The summed E-state index contributed by atoms with van der Waals surface area (Å²) in [7, 11) is 0. The molecule has 140 valence electrons. The first-order valence-corrected chi connectivity index (χ1v) is 9.03. The van der Waals surface area contributed by atoms with Crippen LogP contribution >= 0.6 is 11.6 Å². The van der Waals surface area contributed by atoms with Crippen molar-refractivity contribution in [3.05, 3.63) is 29.0 Å². The smallest absolute Gasteiger partial charge is 0.311 e. The molecule has 0 bridgehead atoms. The third kappa shape index (κ3) is 4.33. The Labute approximate surface area is 155 Å². The van der Waals surface area contributed by atoms with E-state index in [-0.39, 0.29) is 29.1 Å². The molecule has 0 aromatic heterocycles. The van der Waals surface area contributed by atoms with Crippen LogP contribution in [0.3, 0.4) is 0 Å². The van der Waals surface area contributed by atoms with E-state index >= 15 is 0 Å². The number of hydrogen-bond acceptors (Lipinski definition) is 4. The van der Waals surface area contributed by atoms with Crippen LogP contribution in [0.4, 0.5) is 10.1 Å². The lowest BCUT2D eigenvalue weighted by Gasteiger charge is -2.23. The zero-order chi connectivity index (χ0) is 18.7. The quantitative estimate of drug-likeness (QED) is 0.794. The zero-order valence-electron chi connectivity index (χ0n) is 14.2. The van der Waals surface area contributed by atoms with Crippen LogP contribution in [0, 0.1) is 11.7 Å². The maximum atomic E-state index is 13.6. The Morgan fingerprint density at radius 3 is 2.77 bits per heavy atom. The van der Waals surface area contributed by atoms with Gasteiger partial charge in [-0.2, -0.15) is 0 Å². The van der Waals surface area contributed by atoms with Crippen molar-refractivity contribution in [3.8, 4) is 0 Å². The first-order valence-electron chi connectivity index (χ1n) is 8.65. The number of benzene rings is 1. The van der Waals surface area contributed by atoms with Crippen LogP contribution in [0.25, 0.3) is 0 Å². The predicted molar refractivity (Wildman–Crippen MR) is 93.1 cm³/mol. The topological polar surface area (TPSA) is 75.7 Å². The summed E-state index contributed by atoms with van der Waals surface area (Å²) in [6.07, 6.45) is 4.26. The standard InChI is InChI=1S/C18H20ClFN2O4/c19-12-5-6-14(20)15(8-12)21-16(23)10-26-18(25)11-7-17(24)22(9-11)13-3-1-2-4-13/h5-6,8,11,13H,1-4,7,9-10H2,(H,21,23)/t11-/m1/s1. The molecular formula is C18H20ClFN2O4. The van der Waals surface area contributed by atoms with E-state index in [1.54, 1.807) is 4.90 Å². The molecule has 26 heavy (non-hydrogen) atoms. The highest BCUT2D eigenvalue weighted by Crippen LogP contribution is 2.29. The summed E-state index contributed by atoms with van der Waals surface area (Å²) in [5, 5.41) is 2.58. The van der Waals surface area contributed by atoms with E-state index in [9.17, 15) is 18.8 Å². The third-order valence-electron chi connectivity index (χ3n) is 4.81. The van der Waals surface area contributed by atoms with Gasteiger partial charge in [0.2, 0.25) is 5.91 Å². The van der Waals surface area contributed by atoms with Gasteiger partial charge in [0.1, 0.15) is 5.82 Å². The minimum Gasteiger partial charge on any atom is -0.455 e. The van der Waals surface area contributed by atoms with E-state index in [4.69, 9.17) is 16.3 Å². The summed E-state index contributed by atoms with van der Waals surface area (Å²) < 4.78 is 18.6. The lowest BCUT2D eigenvalue weighted by Crippen LogP contribution is -2.35. The van der Waals surface area contributed by atoms with Crippen molar-refractivity contribution in [2.24, 2.45) is 5.92 Å². The number of halogens is 2. The number of nitrogens with one attached hydrogen (secondary N) is 1. The molecular weight excluding hydrogens is 363 g/mol. The van der Waals surface area contributed by atoms with Crippen LogP contribution < -0.4 is 5.32 Å². The first kappa shape index (κ1) is 18.6. The van der Waals surface area contributed by atoms with Gasteiger partial charge in [0.15, 0.2) is 6.61 Å². The Morgan fingerprint density at radius 1 is 1.31 bits per heavy atom. The van der Waals surface area contributed by atoms with Crippen LogP contribution in [0.1, 0.15) is 32.1 Å². The van der Waals surface area contributed by atoms with Crippen molar-refractivity contribution in [2.75, 3.05) is 18.5 Å². The highest BCUT2D eigenvalue weighted by Gasteiger charge is 2.39. The molecule has 1 aromatic rings. The largest absolute Gasteiger partial charge is 0.455 e. The van der Waals surface area contributed by atoms with E-state index < -0.39 is 30.2 Å². The number of carbonyl (C=O) groups excluding carboxylic acids is 3. The van der Waals surface area contributed by atoms with E-state index in [1.807, 2.05) is 0 Å².